The van der Waals surface area contributed by atoms with Crippen LogP contribution in [0.15, 0.2) is 12.5 Å². The first-order valence-electron chi connectivity index (χ1n) is 4.62. The van der Waals surface area contributed by atoms with Gasteiger partial charge >= 0.3 is 0 Å². The summed E-state index contributed by atoms with van der Waals surface area (Å²) in [6, 6.07) is -0.269. The van der Waals surface area contributed by atoms with Gasteiger partial charge in [-0.3, -0.25) is 4.79 Å². The summed E-state index contributed by atoms with van der Waals surface area (Å²) in [5.41, 5.74) is 5.84. The summed E-state index contributed by atoms with van der Waals surface area (Å²) < 4.78 is 1.70. The summed E-state index contributed by atoms with van der Waals surface area (Å²) in [6.07, 6.45) is 3.88. The molecule has 5 nitrogen and oxygen atoms in total. The van der Waals surface area contributed by atoms with Gasteiger partial charge in [0.1, 0.15) is 5.69 Å². The van der Waals surface area contributed by atoms with Crippen molar-refractivity contribution in [3.63, 3.8) is 0 Å². The molecule has 0 aliphatic heterocycles. The standard InChI is InChI=1S/C9H14N4OS/c1-3-6(8(10)15)12-9(14)7-4-13(2)5-11-7/h4-6H,3H2,1-2H3,(H2,10,15)(H,12,14). The molecule has 1 amide bonds. The number of rotatable bonds is 4. The molecule has 6 heteroatoms. The highest BCUT2D eigenvalue weighted by Gasteiger charge is 2.15. The molecule has 0 aliphatic carbocycles. The number of aromatic nitrogens is 2. The lowest BCUT2D eigenvalue weighted by Gasteiger charge is -2.13. The van der Waals surface area contributed by atoms with Crippen LogP contribution >= 0.6 is 12.2 Å². The van der Waals surface area contributed by atoms with Crippen LogP contribution in [0.5, 0.6) is 0 Å². The van der Waals surface area contributed by atoms with E-state index in [2.05, 4.69) is 10.3 Å². The zero-order valence-electron chi connectivity index (χ0n) is 8.73. The lowest BCUT2D eigenvalue weighted by Crippen LogP contribution is -2.43. The van der Waals surface area contributed by atoms with E-state index in [-0.39, 0.29) is 11.9 Å². The fraction of sp³-hybridized carbons (Fsp3) is 0.444. The van der Waals surface area contributed by atoms with E-state index in [4.69, 9.17) is 18.0 Å². The van der Waals surface area contributed by atoms with Gasteiger partial charge in [0.25, 0.3) is 5.91 Å². The van der Waals surface area contributed by atoms with E-state index in [0.717, 1.165) is 0 Å². The van der Waals surface area contributed by atoms with Crippen LogP contribution in [0.2, 0.25) is 0 Å². The molecule has 0 saturated carbocycles. The van der Waals surface area contributed by atoms with Crippen molar-refractivity contribution < 1.29 is 4.79 Å². The third-order valence-corrected chi connectivity index (χ3v) is 2.28. The van der Waals surface area contributed by atoms with E-state index in [9.17, 15) is 4.79 Å². The third-order valence-electron chi connectivity index (χ3n) is 1.99. The molecule has 0 aliphatic rings. The molecular weight excluding hydrogens is 212 g/mol. The Morgan fingerprint density at radius 1 is 1.80 bits per heavy atom. The number of nitrogens with one attached hydrogen (secondary N) is 1. The van der Waals surface area contributed by atoms with Gasteiger partial charge in [-0.05, 0) is 6.42 Å². The molecule has 82 valence electrons. The number of aryl methyl sites for hydroxylation is 1. The van der Waals surface area contributed by atoms with E-state index in [1.54, 1.807) is 24.1 Å². The van der Waals surface area contributed by atoms with Crippen LogP contribution in [0.3, 0.4) is 0 Å². The number of nitrogens with zero attached hydrogens (tertiary/aromatic N) is 2. The van der Waals surface area contributed by atoms with Crippen molar-refractivity contribution in [1.82, 2.24) is 14.9 Å². The van der Waals surface area contributed by atoms with Gasteiger partial charge in [0, 0.05) is 13.2 Å². The Bertz CT molecular complexity index is 374. The van der Waals surface area contributed by atoms with Gasteiger partial charge in [0.2, 0.25) is 0 Å². The first-order valence-corrected chi connectivity index (χ1v) is 5.03. The summed E-state index contributed by atoms with van der Waals surface area (Å²) in [4.78, 5) is 15.9. The van der Waals surface area contributed by atoms with Crippen LogP contribution < -0.4 is 11.1 Å². The van der Waals surface area contributed by atoms with Gasteiger partial charge in [-0.15, -0.1) is 0 Å². The van der Waals surface area contributed by atoms with E-state index in [1.807, 2.05) is 6.92 Å². The minimum Gasteiger partial charge on any atom is -0.392 e. The third kappa shape index (κ3) is 3.02. The summed E-state index contributed by atoms with van der Waals surface area (Å²) in [6.45, 7) is 1.91. The van der Waals surface area contributed by atoms with Crippen LogP contribution in [-0.2, 0) is 7.05 Å². The maximum atomic E-state index is 11.6. The molecule has 0 spiro atoms. The fourth-order valence-corrected chi connectivity index (χ4v) is 1.36. The topological polar surface area (TPSA) is 72.9 Å². The van der Waals surface area contributed by atoms with E-state index in [0.29, 0.717) is 17.1 Å². The molecule has 1 atom stereocenters. The second-order valence-corrected chi connectivity index (χ2v) is 3.73. The van der Waals surface area contributed by atoms with Crippen molar-refractivity contribution in [2.24, 2.45) is 12.8 Å². The molecule has 0 fully saturated rings. The Balaban J connectivity index is 2.66. The van der Waals surface area contributed by atoms with Crippen LogP contribution in [0.25, 0.3) is 0 Å². The number of amides is 1. The van der Waals surface area contributed by atoms with Gasteiger partial charge in [0.15, 0.2) is 0 Å². The number of thiocarbonyl (C=S) groups is 1. The first-order chi connectivity index (χ1) is 7.04. The molecular formula is C9H14N4OS. The van der Waals surface area contributed by atoms with Gasteiger partial charge in [0.05, 0.1) is 17.4 Å². The number of hydrogen-bond acceptors (Lipinski definition) is 3. The Morgan fingerprint density at radius 2 is 2.47 bits per heavy atom. The van der Waals surface area contributed by atoms with Crippen LogP contribution in [0, 0.1) is 0 Å². The molecule has 15 heavy (non-hydrogen) atoms. The largest absolute Gasteiger partial charge is 0.392 e. The van der Waals surface area contributed by atoms with Gasteiger partial charge < -0.3 is 15.6 Å². The first kappa shape index (κ1) is 11.6. The normalized spacial score (nSPS) is 12.1. The van der Waals surface area contributed by atoms with Crippen LogP contribution in [0.1, 0.15) is 23.8 Å². The summed E-state index contributed by atoms with van der Waals surface area (Å²) in [5.74, 6) is -0.254. The van der Waals surface area contributed by atoms with E-state index in [1.165, 1.54) is 0 Å². The second-order valence-electron chi connectivity index (χ2n) is 3.26. The minimum atomic E-state index is -0.269. The SMILES string of the molecule is CCC(NC(=O)c1cn(C)cn1)C(N)=S. The predicted octanol–water partition coefficient (Wildman–Crippen LogP) is 0.215. The zero-order chi connectivity index (χ0) is 11.4. The molecule has 1 unspecified atom stereocenters. The monoisotopic (exact) mass is 226 g/mol. The molecule has 1 aromatic heterocycles. The highest BCUT2D eigenvalue weighted by Crippen LogP contribution is 1.97. The molecule has 1 aromatic rings. The zero-order valence-corrected chi connectivity index (χ0v) is 9.54. The lowest BCUT2D eigenvalue weighted by atomic mass is 10.2. The average Bonchev–Trinajstić information content (AvgIpc) is 2.60. The summed E-state index contributed by atoms with van der Waals surface area (Å²) in [5, 5.41) is 2.71. The molecule has 0 aromatic carbocycles. The van der Waals surface area contributed by atoms with Crippen molar-refractivity contribution in [3.8, 4) is 0 Å². The Labute approximate surface area is 93.7 Å². The predicted molar refractivity (Wildman–Crippen MR) is 61.5 cm³/mol. The number of hydrogen-bond donors (Lipinski definition) is 2. The molecule has 3 N–H and O–H groups in total. The average molecular weight is 226 g/mol. The second kappa shape index (κ2) is 4.88. The maximum absolute atomic E-state index is 11.6. The van der Waals surface area contributed by atoms with Crippen molar-refractivity contribution in [3.05, 3.63) is 18.2 Å². The molecule has 0 bridgehead atoms. The fourth-order valence-electron chi connectivity index (χ4n) is 1.14. The molecule has 0 saturated heterocycles. The lowest BCUT2D eigenvalue weighted by molar-refractivity contribution is 0.0942. The quantitative estimate of drug-likeness (QED) is 0.720. The number of carbonyl (C=O) groups excluding carboxylic acids is 1. The van der Waals surface area contributed by atoms with Crippen molar-refractivity contribution in [2.75, 3.05) is 0 Å². The highest BCUT2D eigenvalue weighted by molar-refractivity contribution is 7.80. The minimum absolute atomic E-state index is 0.254. The summed E-state index contributed by atoms with van der Waals surface area (Å²) in [7, 11) is 1.80. The van der Waals surface area contributed by atoms with E-state index >= 15 is 0 Å². The summed E-state index contributed by atoms with van der Waals surface area (Å²) >= 11 is 4.83. The smallest absolute Gasteiger partial charge is 0.272 e. The highest BCUT2D eigenvalue weighted by atomic mass is 32.1. The van der Waals surface area contributed by atoms with Gasteiger partial charge in [-0.2, -0.15) is 0 Å². The van der Waals surface area contributed by atoms with Crippen LogP contribution in [0.4, 0.5) is 0 Å². The maximum Gasteiger partial charge on any atom is 0.272 e. The van der Waals surface area contributed by atoms with Crippen molar-refractivity contribution in [1.29, 1.82) is 0 Å². The molecule has 1 rings (SSSR count). The Morgan fingerprint density at radius 3 is 2.87 bits per heavy atom. The van der Waals surface area contributed by atoms with E-state index < -0.39 is 0 Å². The van der Waals surface area contributed by atoms with Crippen LogP contribution in [-0.4, -0.2) is 26.5 Å². The van der Waals surface area contributed by atoms with Crippen molar-refractivity contribution in [2.45, 2.75) is 19.4 Å². The van der Waals surface area contributed by atoms with Gasteiger partial charge in [-0.1, -0.05) is 19.1 Å². The number of carbonyl (C=O) groups is 1. The number of nitrogens with two attached hydrogens (primary N) is 1. The molecule has 1 heterocycles. The Hall–Kier alpha value is -1.43. The molecule has 0 radical (unpaired) electrons. The van der Waals surface area contributed by atoms with Gasteiger partial charge in [-0.25, -0.2) is 4.98 Å². The Kier molecular flexibility index (Phi) is 3.79. The van der Waals surface area contributed by atoms with Crippen molar-refractivity contribution >= 4 is 23.1 Å². The number of imidazole rings is 1.